The zero-order valence-corrected chi connectivity index (χ0v) is 5.66. The first-order valence-electron chi connectivity index (χ1n) is 2.93. The molecule has 9 heavy (non-hydrogen) atoms. The Balaban J connectivity index is 3.95. The van der Waals surface area contributed by atoms with E-state index in [0.29, 0.717) is 6.29 Å². The Labute approximate surface area is 54.4 Å². The molecule has 0 bridgehead atoms. The van der Waals surface area contributed by atoms with E-state index in [1.54, 1.807) is 0 Å². The molecule has 0 spiro atoms. The van der Waals surface area contributed by atoms with Crippen molar-refractivity contribution in [1.82, 2.24) is 0 Å². The van der Waals surface area contributed by atoms with E-state index >= 15 is 0 Å². The van der Waals surface area contributed by atoms with Crippen LogP contribution < -0.4 is 0 Å². The number of carbonyl (C=O) groups is 1. The van der Waals surface area contributed by atoms with Crippen LogP contribution in [0, 0.1) is 5.92 Å². The first-order valence-corrected chi connectivity index (χ1v) is 2.93. The summed E-state index contributed by atoms with van der Waals surface area (Å²) in [6.07, 6.45) is 1.40. The van der Waals surface area contributed by atoms with Crippen molar-refractivity contribution in [3.8, 4) is 0 Å². The first-order chi connectivity index (χ1) is 4.26. The van der Waals surface area contributed by atoms with Crippen LogP contribution in [0.4, 0.5) is 0 Å². The van der Waals surface area contributed by atoms with E-state index in [0.717, 1.165) is 6.42 Å². The third-order valence-electron chi connectivity index (χ3n) is 1.35. The zero-order valence-electron chi connectivity index (χ0n) is 5.66. The average Bonchev–Trinajstić information content (AvgIpc) is 1.90. The average molecular weight is 129 g/mol. The van der Waals surface area contributed by atoms with Gasteiger partial charge in [-0.1, -0.05) is 19.0 Å². The molecule has 0 aromatic carbocycles. The molecular weight excluding hydrogens is 118 g/mol. The molecule has 0 heterocycles. The normalized spacial score (nSPS) is 15.1. The monoisotopic (exact) mass is 129 g/mol. The molecule has 0 aliphatic heterocycles. The Morgan fingerprint density at radius 3 is 2.56 bits per heavy atom. The molecule has 0 aliphatic rings. The van der Waals surface area contributed by atoms with Crippen molar-refractivity contribution in [1.29, 1.82) is 0 Å². The second-order valence-electron chi connectivity index (χ2n) is 1.95. The highest BCUT2D eigenvalue weighted by Gasteiger charge is 2.06. The van der Waals surface area contributed by atoms with Crippen LogP contribution in [-0.2, 0) is 4.79 Å². The summed E-state index contributed by atoms with van der Waals surface area (Å²) in [6, 6.07) is 0. The van der Waals surface area contributed by atoms with E-state index < -0.39 is 0 Å². The second-order valence-corrected chi connectivity index (χ2v) is 1.95. The Kier molecular flexibility index (Phi) is 3.67. The van der Waals surface area contributed by atoms with Gasteiger partial charge in [0.05, 0.1) is 0 Å². The van der Waals surface area contributed by atoms with Gasteiger partial charge in [-0.05, 0) is 6.42 Å². The van der Waals surface area contributed by atoms with Crippen LogP contribution in [0.1, 0.15) is 20.3 Å². The third kappa shape index (κ3) is 2.26. The molecule has 0 fully saturated rings. The van der Waals surface area contributed by atoms with Crippen molar-refractivity contribution in [2.45, 2.75) is 20.3 Å². The fraction of sp³-hybridized carbons (Fsp3) is 0.667. The molecule has 0 saturated heterocycles. The van der Waals surface area contributed by atoms with Crippen molar-refractivity contribution < 1.29 is 10.0 Å². The number of rotatable bonds is 3. The third-order valence-corrected chi connectivity index (χ3v) is 1.35. The number of nitrogens with zero attached hydrogens (tertiary/aromatic N) is 1. The zero-order chi connectivity index (χ0) is 7.28. The lowest BCUT2D eigenvalue weighted by Gasteiger charge is -2.01. The van der Waals surface area contributed by atoms with E-state index in [-0.39, 0.29) is 11.6 Å². The van der Waals surface area contributed by atoms with Gasteiger partial charge in [0.15, 0.2) is 6.29 Å². The summed E-state index contributed by atoms with van der Waals surface area (Å²) < 4.78 is 0. The summed E-state index contributed by atoms with van der Waals surface area (Å²) in [4.78, 5) is 10.0. The van der Waals surface area contributed by atoms with Crippen molar-refractivity contribution in [2.75, 3.05) is 0 Å². The van der Waals surface area contributed by atoms with Gasteiger partial charge in [-0.25, -0.2) is 0 Å². The van der Waals surface area contributed by atoms with E-state index in [1.165, 1.54) is 0 Å². The molecule has 3 heteroatoms. The summed E-state index contributed by atoms with van der Waals surface area (Å²) in [5.74, 6) is 0.0625. The van der Waals surface area contributed by atoms with Gasteiger partial charge in [0.1, 0.15) is 5.71 Å². The van der Waals surface area contributed by atoms with E-state index in [9.17, 15) is 4.79 Å². The Morgan fingerprint density at radius 2 is 2.44 bits per heavy atom. The molecule has 1 unspecified atom stereocenters. The minimum atomic E-state index is 0.0625. The van der Waals surface area contributed by atoms with Crippen molar-refractivity contribution in [3.05, 3.63) is 0 Å². The van der Waals surface area contributed by atoms with Gasteiger partial charge in [-0.3, -0.25) is 4.79 Å². The lowest BCUT2D eigenvalue weighted by Crippen LogP contribution is -2.10. The minimum Gasteiger partial charge on any atom is -0.411 e. The summed E-state index contributed by atoms with van der Waals surface area (Å²) in [5.41, 5.74) is 0.220. The maximum atomic E-state index is 10.0. The Hall–Kier alpha value is -0.860. The molecule has 0 radical (unpaired) electrons. The second kappa shape index (κ2) is 4.06. The molecule has 52 valence electrons. The molecular formula is C6H11NO2. The number of hydrogen-bond acceptors (Lipinski definition) is 3. The molecule has 1 atom stereocenters. The van der Waals surface area contributed by atoms with Gasteiger partial charge in [0, 0.05) is 5.92 Å². The van der Waals surface area contributed by atoms with E-state index in [1.807, 2.05) is 13.8 Å². The lowest BCUT2D eigenvalue weighted by molar-refractivity contribution is -0.103. The van der Waals surface area contributed by atoms with Gasteiger partial charge in [-0.15, -0.1) is 0 Å². The van der Waals surface area contributed by atoms with Crippen molar-refractivity contribution in [3.63, 3.8) is 0 Å². The standard InChI is InChI=1S/C6H11NO2/c1-3-5(2)6(4-8)7-9/h4-5,9H,3H2,1-2H3. The molecule has 0 aromatic heterocycles. The van der Waals surface area contributed by atoms with Gasteiger partial charge >= 0.3 is 0 Å². The van der Waals surface area contributed by atoms with Crippen LogP contribution in [0.2, 0.25) is 0 Å². The number of oxime groups is 1. The fourth-order valence-electron chi connectivity index (χ4n) is 0.447. The van der Waals surface area contributed by atoms with Crippen LogP contribution >= 0.6 is 0 Å². The van der Waals surface area contributed by atoms with E-state index in [4.69, 9.17) is 5.21 Å². The molecule has 0 rings (SSSR count). The smallest absolute Gasteiger partial charge is 0.167 e. The molecule has 3 nitrogen and oxygen atoms in total. The van der Waals surface area contributed by atoms with Crippen LogP contribution in [0.5, 0.6) is 0 Å². The molecule has 1 N–H and O–H groups in total. The maximum absolute atomic E-state index is 10.0. The summed E-state index contributed by atoms with van der Waals surface area (Å²) >= 11 is 0. The highest BCUT2D eigenvalue weighted by Crippen LogP contribution is 2.00. The quantitative estimate of drug-likeness (QED) is 0.268. The maximum Gasteiger partial charge on any atom is 0.167 e. The van der Waals surface area contributed by atoms with Crippen LogP contribution in [0.3, 0.4) is 0 Å². The summed E-state index contributed by atoms with van der Waals surface area (Å²) in [7, 11) is 0. The Morgan fingerprint density at radius 1 is 1.89 bits per heavy atom. The lowest BCUT2D eigenvalue weighted by atomic mass is 10.0. The van der Waals surface area contributed by atoms with E-state index in [2.05, 4.69) is 5.16 Å². The van der Waals surface area contributed by atoms with Gasteiger partial charge in [0.25, 0.3) is 0 Å². The van der Waals surface area contributed by atoms with Gasteiger partial charge < -0.3 is 5.21 Å². The predicted molar refractivity (Wildman–Crippen MR) is 34.7 cm³/mol. The largest absolute Gasteiger partial charge is 0.411 e. The van der Waals surface area contributed by atoms with Crippen molar-refractivity contribution in [2.24, 2.45) is 11.1 Å². The molecule has 0 saturated carbocycles. The highest BCUT2D eigenvalue weighted by molar-refractivity contribution is 6.28. The number of hydrogen-bond donors (Lipinski definition) is 1. The fourth-order valence-corrected chi connectivity index (χ4v) is 0.447. The number of aldehydes is 1. The first kappa shape index (κ1) is 8.14. The molecule has 0 aromatic rings. The summed E-state index contributed by atoms with van der Waals surface area (Å²) in [5, 5.41) is 11.0. The molecule has 0 amide bonds. The van der Waals surface area contributed by atoms with Gasteiger partial charge in [0.2, 0.25) is 0 Å². The summed E-state index contributed by atoms with van der Waals surface area (Å²) in [6.45, 7) is 3.77. The Bertz CT molecular complexity index is 120. The minimum absolute atomic E-state index is 0.0625. The topological polar surface area (TPSA) is 49.7 Å². The SMILES string of the molecule is CCC(C)C(C=O)=NO. The van der Waals surface area contributed by atoms with Crippen LogP contribution in [0.25, 0.3) is 0 Å². The van der Waals surface area contributed by atoms with Crippen LogP contribution in [-0.4, -0.2) is 17.2 Å². The van der Waals surface area contributed by atoms with Crippen molar-refractivity contribution >= 4 is 12.0 Å². The number of carbonyl (C=O) groups excluding carboxylic acids is 1. The molecule has 0 aliphatic carbocycles. The predicted octanol–water partition coefficient (Wildman–Crippen LogP) is 1.06. The highest BCUT2D eigenvalue weighted by atomic mass is 16.4. The van der Waals surface area contributed by atoms with Crippen LogP contribution in [0.15, 0.2) is 5.16 Å². The van der Waals surface area contributed by atoms with Gasteiger partial charge in [-0.2, -0.15) is 0 Å².